The number of benzene rings is 2. The Bertz CT molecular complexity index is 740. The number of rotatable bonds is 4. The average Bonchev–Trinajstić information content (AvgIpc) is 2.47. The van der Waals surface area contributed by atoms with Crippen LogP contribution >= 0.6 is 15.9 Å². The first kappa shape index (κ1) is 14.9. The van der Waals surface area contributed by atoms with Crippen LogP contribution < -0.4 is 0 Å². The Hall–Kier alpha value is -2.47. The molecule has 0 saturated carbocycles. The molecule has 0 radical (unpaired) electrons. The highest BCUT2D eigenvalue weighted by Crippen LogP contribution is 2.24. The van der Waals surface area contributed by atoms with Crippen molar-refractivity contribution in [3.8, 4) is 5.75 Å². The number of halogens is 1. The van der Waals surface area contributed by atoms with Crippen molar-refractivity contribution in [3.05, 3.63) is 74.3 Å². The highest BCUT2D eigenvalue weighted by atomic mass is 79.9. The third kappa shape index (κ3) is 3.55. The SMILES string of the molecule is O=C(/C=C/c1ccccc1[N+](=O)[O-])c1cc(Br)ccc1O. The van der Waals surface area contributed by atoms with Gasteiger partial charge >= 0.3 is 0 Å². The summed E-state index contributed by atoms with van der Waals surface area (Å²) in [5.41, 5.74) is 0.365. The molecular formula is C15H10BrNO4. The Morgan fingerprint density at radius 2 is 1.95 bits per heavy atom. The second-order valence-electron chi connectivity index (χ2n) is 4.17. The first-order chi connectivity index (χ1) is 9.99. The van der Waals surface area contributed by atoms with E-state index in [1.165, 1.54) is 30.4 Å². The number of aromatic hydroxyl groups is 1. The van der Waals surface area contributed by atoms with Crippen LogP contribution in [-0.2, 0) is 0 Å². The molecule has 106 valence electrons. The molecule has 6 heteroatoms. The van der Waals surface area contributed by atoms with E-state index in [1.54, 1.807) is 24.3 Å². The van der Waals surface area contributed by atoms with E-state index < -0.39 is 10.7 Å². The quantitative estimate of drug-likeness (QED) is 0.393. The normalized spacial score (nSPS) is 10.7. The van der Waals surface area contributed by atoms with Crippen LogP contribution in [0.15, 0.2) is 53.0 Å². The van der Waals surface area contributed by atoms with Gasteiger partial charge in [-0.3, -0.25) is 14.9 Å². The molecule has 0 saturated heterocycles. The molecular weight excluding hydrogens is 338 g/mol. The first-order valence-corrected chi connectivity index (χ1v) is 6.72. The Labute approximate surface area is 128 Å². The minimum atomic E-state index is -0.513. The number of ketones is 1. The molecule has 0 amide bonds. The van der Waals surface area contributed by atoms with Crippen LogP contribution in [0.4, 0.5) is 5.69 Å². The maximum atomic E-state index is 12.0. The fourth-order valence-electron chi connectivity index (χ4n) is 1.76. The predicted octanol–water partition coefficient (Wildman–Crippen LogP) is 3.96. The third-order valence-corrected chi connectivity index (χ3v) is 3.27. The minimum absolute atomic E-state index is 0.0833. The van der Waals surface area contributed by atoms with Crippen molar-refractivity contribution in [1.29, 1.82) is 0 Å². The van der Waals surface area contributed by atoms with Gasteiger partial charge in [0.05, 0.1) is 16.1 Å². The van der Waals surface area contributed by atoms with Gasteiger partial charge in [-0.2, -0.15) is 0 Å². The summed E-state index contributed by atoms with van der Waals surface area (Å²) in [6.45, 7) is 0. The zero-order valence-corrected chi connectivity index (χ0v) is 12.3. The van der Waals surface area contributed by atoms with E-state index >= 15 is 0 Å². The van der Waals surface area contributed by atoms with Gasteiger partial charge in [0.15, 0.2) is 5.78 Å². The van der Waals surface area contributed by atoms with Gasteiger partial charge in [0.2, 0.25) is 0 Å². The predicted molar refractivity (Wildman–Crippen MR) is 82.3 cm³/mol. The third-order valence-electron chi connectivity index (χ3n) is 2.77. The Balaban J connectivity index is 2.31. The molecule has 0 spiro atoms. The molecule has 5 nitrogen and oxygen atoms in total. The van der Waals surface area contributed by atoms with Crippen molar-refractivity contribution >= 4 is 33.5 Å². The highest BCUT2D eigenvalue weighted by Gasteiger charge is 2.12. The second kappa shape index (κ2) is 6.32. The van der Waals surface area contributed by atoms with Crippen LogP contribution in [0.5, 0.6) is 5.75 Å². The summed E-state index contributed by atoms with van der Waals surface area (Å²) in [6, 6.07) is 10.6. The molecule has 2 rings (SSSR count). The number of carbonyl (C=O) groups is 1. The maximum Gasteiger partial charge on any atom is 0.276 e. The Morgan fingerprint density at radius 3 is 2.67 bits per heavy atom. The van der Waals surface area contributed by atoms with Crippen LogP contribution in [0.25, 0.3) is 6.08 Å². The zero-order valence-electron chi connectivity index (χ0n) is 10.7. The largest absolute Gasteiger partial charge is 0.507 e. The van der Waals surface area contributed by atoms with Gasteiger partial charge in [-0.1, -0.05) is 28.1 Å². The van der Waals surface area contributed by atoms with Gasteiger partial charge in [0, 0.05) is 10.5 Å². The lowest BCUT2D eigenvalue weighted by atomic mass is 10.1. The van der Waals surface area contributed by atoms with E-state index in [1.807, 2.05) is 0 Å². The number of nitrogens with zero attached hydrogens (tertiary/aromatic N) is 1. The second-order valence-corrected chi connectivity index (χ2v) is 5.09. The Kier molecular flexibility index (Phi) is 4.49. The van der Waals surface area contributed by atoms with Crippen molar-refractivity contribution in [2.45, 2.75) is 0 Å². The molecule has 0 fully saturated rings. The zero-order chi connectivity index (χ0) is 15.4. The van der Waals surface area contributed by atoms with Crippen LogP contribution in [0.1, 0.15) is 15.9 Å². The first-order valence-electron chi connectivity index (χ1n) is 5.93. The van der Waals surface area contributed by atoms with Gasteiger partial charge in [-0.25, -0.2) is 0 Å². The molecule has 0 aliphatic heterocycles. The molecule has 0 aromatic heterocycles. The number of allylic oxidation sites excluding steroid dienone is 1. The van der Waals surface area contributed by atoms with Crippen molar-refractivity contribution < 1.29 is 14.8 Å². The van der Waals surface area contributed by atoms with Gasteiger partial charge in [-0.05, 0) is 36.4 Å². The summed E-state index contributed by atoms with van der Waals surface area (Å²) in [5, 5.41) is 20.5. The van der Waals surface area contributed by atoms with Gasteiger partial charge < -0.3 is 5.11 Å². The van der Waals surface area contributed by atoms with Gasteiger partial charge in [-0.15, -0.1) is 0 Å². The van der Waals surface area contributed by atoms with Crippen LogP contribution in [0.2, 0.25) is 0 Å². The summed E-state index contributed by atoms with van der Waals surface area (Å²) in [4.78, 5) is 22.4. The van der Waals surface area contributed by atoms with E-state index in [4.69, 9.17) is 0 Å². The van der Waals surface area contributed by atoms with Gasteiger partial charge in [0.1, 0.15) is 5.75 Å². The molecule has 0 unspecified atom stereocenters. The average molecular weight is 348 g/mol. The lowest BCUT2D eigenvalue weighted by Gasteiger charge is -2.01. The summed E-state index contributed by atoms with van der Waals surface area (Å²) in [7, 11) is 0. The monoisotopic (exact) mass is 347 g/mol. The highest BCUT2D eigenvalue weighted by molar-refractivity contribution is 9.10. The van der Waals surface area contributed by atoms with Crippen LogP contribution in [-0.4, -0.2) is 15.8 Å². The molecule has 0 aliphatic carbocycles. The minimum Gasteiger partial charge on any atom is -0.507 e. The van der Waals surface area contributed by atoms with Gasteiger partial charge in [0.25, 0.3) is 5.69 Å². The summed E-state index contributed by atoms with van der Waals surface area (Å²) >= 11 is 3.21. The van der Waals surface area contributed by atoms with E-state index in [2.05, 4.69) is 15.9 Å². The number of nitro benzene ring substituents is 1. The smallest absolute Gasteiger partial charge is 0.276 e. The lowest BCUT2D eigenvalue weighted by molar-refractivity contribution is -0.385. The van der Waals surface area contributed by atoms with Crippen molar-refractivity contribution in [2.75, 3.05) is 0 Å². The fourth-order valence-corrected chi connectivity index (χ4v) is 2.12. The molecule has 1 N–H and O–H groups in total. The molecule has 0 heterocycles. The van der Waals surface area contributed by atoms with Crippen LogP contribution in [0.3, 0.4) is 0 Å². The summed E-state index contributed by atoms with van der Waals surface area (Å²) in [5.74, 6) is -0.581. The maximum absolute atomic E-state index is 12.0. The van der Waals surface area contributed by atoms with E-state index in [0.29, 0.717) is 10.0 Å². The summed E-state index contributed by atoms with van der Waals surface area (Å²) < 4.78 is 0.655. The van der Waals surface area contributed by atoms with Crippen LogP contribution in [0, 0.1) is 10.1 Å². The number of carbonyl (C=O) groups excluding carboxylic acids is 1. The number of hydrogen-bond donors (Lipinski definition) is 1. The molecule has 0 atom stereocenters. The number of hydrogen-bond acceptors (Lipinski definition) is 4. The molecule has 0 aliphatic rings. The van der Waals surface area contributed by atoms with E-state index in [9.17, 15) is 20.0 Å². The van der Waals surface area contributed by atoms with E-state index in [0.717, 1.165) is 0 Å². The van der Waals surface area contributed by atoms with Crippen molar-refractivity contribution in [3.63, 3.8) is 0 Å². The molecule has 2 aromatic rings. The Morgan fingerprint density at radius 1 is 1.24 bits per heavy atom. The molecule has 21 heavy (non-hydrogen) atoms. The standard InChI is InChI=1S/C15H10BrNO4/c16-11-6-8-15(19)12(9-11)14(18)7-5-10-3-1-2-4-13(10)17(20)21/h1-9,19H/b7-5+. The van der Waals surface area contributed by atoms with E-state index in [-0.39, 0.29) is 17.0 Å². The number of phenols is 1. The number of para-hydroxylation sites is 1. The molecule has 2 aromatic carbocycles. The fraction of sp³-hybridized carbons (Fsp3) is 0. The topological polar surface area (TPSA) is 80.4 Å². The van der Waals surface area contributed by atoms with Crippen molar-refractivity contribution in [2.24, 2.45) is 0 Å². The lowest BCUT2D eigenvalue weighted by Crippen LogP contribution is -1.96. The van der Waals surface area contributed by atoms with Crippen molar-refractivity contribution in [1.82, 2.24) is 0 Å². The number of nitro groups is 1. The molecule has 0 bridgehead atoms. The summed E-state index contributed by atoms with van der Waals surface area (Å²) in [6.07, 6.45) is 2.56. The number of phenolic OH excluding ortho intramolecular Hbond substituents is 1.